The molecule has 9 aromatic carbocycles. The summed E-state index contributed by atoms with van der Waals surface area (Å²) in [6, 6.07) is 67.4. The number of fused-ring (bicyclic) bond motifs is 9. The molecule has 0 aliphatic rings. The molecule has 3 heterocycles. The summed E-state index contributed by atoms with van der Waals surface area (Å²) in [5, 5.41) is 6.29. The van der Waals surface area contributed by atoms with Gasteiger partial charge in [0, 0.05) is 54.8 Å². The van der Waals surface area contributed by atoms with Gasteiger partial charge in [-0.25, -0.2) is 4.98 Å². The molecule has 0 saturated heterocycles. The number of anilines is 3. The Balaban J connectivity index is 1.12. The molecule has 0 radical (unpaired) electrons. The van der Waals surface area contributed by atoms with Crippen LogP contribution in [0, 0.1) is 0 Å². The average molecular weight is 745 g/mol. The molecule has 0 bridgehead atoms. The Hall–Kier alpha value is -7.89. The van der Waals surface area contributed by atoms with Crippen LogP contribution in [-0.4, -0.2) is 4.98 Å². The fraction of sp³-hybridized carbons (Fsp3) is 0. The molecule has 0 aliphatic carbocycles. The quantitative estimate of drug-likeness (QED) is 0.170. The van der Waals surface area contributed by atoms with Gasteiger partial charge in [0.2, 0.25) is 5.89 Å². The van der Waals surface area contributed by atoms with E-state index >= 15 is 0 Å². The van der Waals surface area contributed by atoms with Crippen molar-refractivity contribution in [2.24, 2.45) is 0 Å². The third kappa shape index (κ3) is 5.07. The number of nitrogens with zero attached hydrogens (tertiary/aromatic N) is 2. The molecule has 0 N–H and O–H groups in total. The number of hydrogen-bond donors (Lipinski definition) is 0. The van der Waals surface area contributed by atoms with Crippen molar-refractivity contribution in [2.75, 3.05) is 4.90 Å². The smallest absolute Gasteiger partial charge is 0.227 e. The molecule has 12 aromatic rings. The first-order chi connectivity index (χ1) is 28.7. The molecule has 272 valence electrons. The van der Waals surface area contributed by atoms with Crippen LogP contribution in [0.2, 0.25) is 0 Å². The highest BCUT2D eigenvalue weighted by Gasteiger charge is 2.24. The van der Waals surface area contributed by atoms with E-state index in [1.165, 1.54) is 5.56 Å². The molecular weight excluding hydrogens is 713 g/mol. The molecule has 5 heteroatoms. The number of rotatable bonds is 6. The predicted molar refractivity (Wildman–Crippen MR) is 237 cm³/mol. The second-order valence-corrected chi connectivity index (χ2v) is 14.7. The van der Waals surface area contributed by atoms with Gasteiger partial charge >= 0.3 is 0 Å². The van der Waals surface area contributed by atoms with Crippen molar-refractivity contribution in [3.63, 3.8) is 0 Å². The van der Waals surface area contributed by atoms with Crippen LogP contribution in [0.15, 0.2) is 207 Å². The first-order valence-electron chi connectivity index (χ1n) is 19.4. The highest BCUT2D eigenvalue weighted by atomic mass is 16.3. The fourth-order valence-electron chi connectivity index (χ4n) is 8.62. The van der Waals surface area contributed by atoms with E-state index in [0.717, 1.165) is 105 Å². The van der Waals surface area contributed by atoms with Crippen molar-refractivity contribution in [3.8, 4) is 33.7 Å². The van der Waals surface area contributed by atoms with Crippen LogP contribution >= 0.6 is 0 Å². The SMILES string of the molecule is c1ccc(-c2ccc(N(c3ccc4oc5ccccc5c4c3)c3cc4c(oc5cccc(-c6cccc7nc(-c8ccccc8)oc67)c54)c4ccccc34)cc2)cc1. The number of para-hydroxylation sites is 2. The first kappa shape index (κ1) is 32.4. The van der Waals surface area contributed by atoms with Crippen LogP contribution in [-0.2, 0) is 0 Å². The van der Waals surface area contributed by atoms with E-state index in [9.17, 15) is 0 Å². The highest BCUT2D eigenvalue weighted by molar-refractivity contribution is 6.23. The van der Waals surface area contributed by atoms with E-state index in [1.807, 2.05) is 54.6 Å². The van der Waals surface area contributed by atoms with Crippen molar-refractivity contribution >= 4 is 82.8 Å². The van der Waals surface area contributed by atoms with E-state index in [-0.39, 0.29) is 0 Å². The summed E-state index contributed by atoms with van der Waals surface area (Å²) in [7, 11) is 0. The van der Waals surface area contributed by atoms with Gasteiger partial charge in [-0.05, 0) is 83.4 Å². The lowest BCUT2D eigenvalue weighted by atomic mass is 9.96. The molecule has 0 atom stereocenters. The van der Waals surface area contributed by atoms with Gasteiger partial charge in [0.15, 0.2) is 5.58 Å². The van der Waals surface area contributed by atoms with Crippen LogP contribution < -0.4 is 4.90 Å². The lowest BCUT2D eigenvalue weighted by Crippen LogP contribution is -2.10. The second-order valence-electron chi connectivity index (χ2n) is 14.7. The second kappa shape index (κ2) is 12.8. The van der Waals surface area contributed by atoms with Gasteiger partial charge in [-0.1, -0.05) is 127 Å². The van der Waals surface area contributed by atoms with Crippen LogP contribution in [0.3, 0.4) is 0 Å². The van der Waals surface area contributed by atoms with Crippen molar-refractivity contribution in [2.45, 2.75) is 0 Å². The van der Waals surface area contributed by atoms with E-state index in [4.69, 9.17) is 18.2 Å². The number of furan rings is 2. The molecular formula is C53H32N2O3. The van der Waals surface area contributed by atoms with Gasteiger partial charge in [0.25, 0.3) is 0 Å². The number of oxazole rings is 1. The summed E-state index contributed by atoms with van der Waals surface area (Å²) < 4.78 is 19.7. The Morgan fingerprint density at radius 1 is 0.362 bits per heavy atom. The maximum atomic E-state index is 6.84. The predicted octanol–water partition coefficient (Wildman–Crippen LogP) is 15.3. The molecule has 3 aromatic heterocycles. The molecule has 5 nitrogen and oxygen atoms in total. The molecule has 0 aliphatic heterocycles. The van der Waals surface area contributed by atoms with E-state index < -0.39 is 0 Å². The molecule has 0 amide bonds. The Labute approximate surface area is 332 Å². The van der Waals surface area contributed by atoms with E-state index in [1.54, 1.807) is 0 Å². The zero-order valence-electron chi connectivity index (χ0n) is 31.1. The zero-order valence-corrected chi connectivity index (χ0v) is 31.1. The zero-order chi connectivity index (χ0) is 38.2. The number of hydrogen-bond acceptors (Lipinski definition) is 5. The Kier molecular flexibility index (Phi) is 7.16. The van der Waals surface area contributed by atoms with Gasteiger partial charge < -0.3 is 18.2 Å². The van der Waals surface area contributed by atoms with Crippen LogP contribution in [0.1, 0.15) is 0 Å². The number of aromatic nitrogens is 1. The van der Waals surface area contributed by atoms with Crippen molar-refractivity contribution < 1.29 is 13.3 Å². The van der Waals surface area contributed by atoms with Gasteiger partial charge in [-0.2, -0.15) is 0 Å². The first-order valence-corrected chi connectivity index (χ1v) is 19.4. The minimum atomic E-state index is 0.594. The molecule has 0 saturated carbocycles. The summed E-state index contributed by atoms with van der Waals surface area (Å²) in [6.45, 7) is 0. The molecule has 0 fully saturated rings. The van der Waals surface area contributed by atoms with Crippen LogP contribution in [0.25, 0.3) is 99.5 Å². The summed E-state index contributed by atoms with van der Waals surface area (Å²) in [5.74, 6) is 0.594. The highest BCUT2D eigenvalue weighted by Crippen LogP contribution is 2.48. The summed E-state index contributed by atoms with van der Waals surface area (Å²) in [4.78, 5) is 7.27. The van der Waals surface area contributed by atoms with Crippen molar-refractivity contribution in [1.82, 2.24) is 4.98 Å². The Morgan fingerprint density at radius 3 is 1.83 bits per heavy atom. The fourth-order valence-corrected chi connectivity index (χ4v) is 8.62. The normalized spacial score (nSPS) is 11.8. The summed E-state index contributed by atoms with van der Waals surface area (Å²) in [6.07, 6.45) is 0. The average Bonchev–Trinajstić information content (AvgIpc) is 4.01. The lowest BCUT2D eigenvalue weighted by molar-refractivity contribution is 0.621. The third-order valence-electron chi connectivity index (χ3n) is 11.3. The van der Waals surface area contributed by atoms with Gasteiger partial charge in [0.05, 0.1) is 5.69 Å². The monoisotopic (exact) mass is 744 g/mol. The van der Waals surface area contributed by atoms with E-state index in [0.29, 0.717) is 5.89 Å². The minimum Gasteiger partial charge on any atom is -0.456 e. The van der Waals surface area contributed by atoms with Gasteiger partial charge in [0.1, 0.15) is 27.8 Å². The molecule has 0 spiro atoms. The Bertz CT molecular complexity index is 3510. The van der Waals surface area contributed by atoms with E-state index in [2.05, 4.69) is 144 Å². The van der Waals surface area contributed by atoms with Gasteiger partial charge in [-0.3, -0.25) is 0 Å². The van der Waals surface area contributed by atoms with Crippen LogP contribution in [0.5, 0.6) is 0 Å². The summed E-state index contributed by atoms with van der Waals surface area (Å²) >= 11 is 0. The maximum absolute atomic E-state index is 6.84. The largest absolute Gasteiger partial charge is 0.456 e. The van der Waals surface area contributed by atoms with Crippen LogP contribution in [0.4, 0.5) is 17.1 Å². The third-order valence-corrected chi connectivity index (χ3v) is 11.3. The minimum absolute atomic E-state index is 0.594. The molecule has 58 heavy (non-hydrogen) atoms. The van der Waals surface area contributed by atoms with Gasteiger partial charge in [-0.15, -0.1) is 0 Å². The Morgan fingerprint density at radius 2 is 1.00 bits per heavy atom. The summed E-state index contributed by atoms with van der Waals surface area (Å²) in [5.41, 5.74) is 13.2. The lowest BCUT2D eigenvalue weighted by Gasteiger charge is -2.27. The maximum Gasteiger partial charge on any atom is 0.227 e. The van der Waals surface area contributed by atoms with Crippen molar-refractivity contribution in [1.29, 1.82) is 0 Å². The standard InChI is InChI=1S/C53H32N2O3/c1-3-13-33(14-4-1)34-25-27-36(28-26-34)55(37-29-30-48-43(31-37)39-18-9-10-23-47(39)56-48)46-32-44-50-40(20-12-24-49(50)57-51(44)41-19-8-7-17-38(41)46)42-21-11-22-45-52(42)58-53(54-45)35-15-5-2-6-16-35/h1-32H. The number of benzene rings is 9. The topological polar surface area (TPSA) is 55.6 Å². The molecule has 0 unspecified atom stereocenters. The molecule has 12 rings (SSSR count). The van der Waals surface area contributed by atoms with Crippen molar-refractivity contribution in [3.05, 3.63) is 194 Å².